The van der Waals surface area contributed by atoms with Gasteiger partial charge < -0.3 is 10.2 Å². The van der Waals surface area contributed by atoms with Crippen molar-refractivity contribution in [3.8, 4) is 11.3 Å². The van der Waals surface area contributed by atoms with Crippen LogP contribution < -0.4 is 5.32 Å². The van der Waals surface area contributed by atoms with Gasteiger partial charge in [-0.3, -0.25) is 14.3 Å². The molecule has 0 saturated carbocycles. The van der Waals surface area contributed by atoms with Crippen LogP contribution in [0.2, 0.25) is 0 Å². The summed E-state index contributed by atoms with van der Waals surface area (Å²) in [4.78, 5) is 25.3. The zero-order valence-corrected chi connectivity index (χ0v) is 14.6. The van der Waals surface area contributed by atoms with Crippen molar-refractivity contribution in [1.82, 2.24) is 20.0 Å². The number of nitrogens with zero attached hydrogens (tertiary/aromatic N) is 3. The van der Waals surface area contributed by atoms with E-state index in [9.17, 15) is 9.59 Å². The van der Waals surface area contributed by atoms with Crippen LogP contribution in [-0.2, 0) is 16.1 Å². The molecule has 1 saturated heterocycles. The SMILES string of the molecule is CC(=O)N1CCC(C(=O)NCCn2ccc(-c3ccsc3)n2)CC1. The van der Waals surface area contributed by atoms with Gasteiger partial charge >= 0.3 is 0 Å². The summed E-state index contributed by atoms with van der Waals surface area (Å²) in [6.45, 7) is 4.15. The lowest BCUT2D eigenvalue weighted by Gasteiger charge is -2.30. The highest BCUT2D eigenvalue weighted by Crippen LogP contribution is 2.19. The van der Waals surface area contributed by atoms with Crippen LogP contribution in [0.5, 0.6) is 0 Å². The van der Waals surface area contributed by atoms with Crippen LogP contribution in [0.3, 0.4) is 0 Å². The molecule has 7 heteroatoms. The van der Waals surface area contributed by atoms with Gasteiger partial charge in [0.25, 0.3) is 0 Å². The van der Waals surface area contributed by atoms with Crippen molar-refractivity contribution < 1.29 is 9.59 Å². The van der Waals surface area contributed by atoms with E-state index in [1.54, 1.807) is 23.2 Å². The predicted molar refractivity (Wildman–Crippen MR) is 93.5 cm³/mol. The van der Waals surface area contributed by atoms with Crippen molar-refractivity contribution >= 4 is 23.2 Å². The zero-order chi connectivity index (χ0) is 16.9. The van der Waals surface area contributed by atoms with Gasteiger partial charge in [0.15, 0.2) is 0 Å². The molecule has 24 heavy (non-hydrogen) atoms. The van der Waals surface area contributed by atoms with Gasteiger partial charge in [-0.05, 0) is 30.4 Å². The Hall–Kier alpha value is -2.15. The number of amides is 2. The molecular weight excluding hydrogens is 324 g/mol. The molecule has 0 spiro atoms. The summed E-state index contributed by atoms with van der Waals surface area (Å²) in [5, 5.41) is 11.6. The number of likely N-dealkylation sites (tertiary alicyclic amines) is 1. The van der Waals surface area contributed by atoms with Crippen LogP contribution >= 0.6 is 11.3 Å². The number of piperidine rings is 1. The number of carbonyl (C=O) groups is 2. The van der Waals surface area contributed by atoms with Crippen molar-refractivity contribution in [2.75, 3.05) is 19.6 Å². The molecule has 0 aliphatic carbocycles. The lowest BCUT2D eigenvalue weighted by atomic mass is 9.96. The molecule has 6 nitrogen and oxygen atoms in total. The monoisotopic (exact) mass is 346 g/mol. The third-order valence-corrected chi connectivity index (χ3v) is 5.09. The highest BCUT2D eigenvalue weighted by atomic mass is 32.1. The second-order valence-electron chi connectivity index (χ2n) is 6.05. The molecule has 2 amide bonds. The topological polar surface area (TPSA) is 67.2 Å². The van der Waals surface area contributed by atoms with Crippen LogP contribution in [0.15, 0.2) is 29.1 Å². The Labute approximate surface area is 145 Å². The quantitative estimate of drug-likeness (QED) is 0.900. The van der Waals surface area contributed by atoms with E-state index >= 15 is 0 Å². The molecule has 0 atom stereocenters. The molecule has 0 unspecified atom stereocenters. The molecule has 0 radical (unpaired) electrons. The number of nitrogens with one attached hydrogen (secondary N) is 1. The molecular formula is C17H22N4O2S. The third kappa shape index (κ3) is 4.03. The van der Waals surface area contributed by atoms with E-state index in [2.05, 4.69) is 15.8 Å². The molecule has 128 valence electrons. The minimum absolute atomic E-state index is 0.0135. The first-order valence-corrected chi connectivity index (χ1v) is 9.17. The van der Waals surface area contributed by atoms with Crippen molar-refractivity contribution in [2.24, 2.45) is 5.92 Å². The summed E-state index contributed by atoms with van der Waals surface area (Å²) in [6.07, 6.45) is 3.43. The van der Waals surface area contributed by atoms with E-state index in [0.717, 1.165) is 24.1 Å². The van der Waals surface area contributed by atoms with Gasteiger partial charge in [-0.15, -0.1) is 0 Å². The van der Waals surface area contributed by atoms with Gasteiger partial charge in [0.2, 0.25) is 11.8 Å². The van der Waals surface area contributed by atoms with Gasteiger partial charge in [0.1, 0.15) is 0 Å². The predicted octanol–water partition coefficient (Wildman–Crippen LogP) is 1.99. The Bertz CT molecular complexity index is 687. The maximum Gasteiger partial charge on any atom is 0.223 e. The van der Waals surface area contributed by atoms with E-state index in [4.69, 9.17) is 0 Å². The van der Waals surface area contributed by atoms with Gasteiger partial charge in [0.05, 0.1) is 12.2 Å². The first kappa shape index (κ1) is 16.7. The maximum atomic E-state index is 12.2. The molecule has 1 fully saturated rings. The highest BCUT2D eigenvalue weighted by molar-refractivity contribution is 7.08. The van der Waals surface area contributed by atoms with Gasteiger partial charge in [0, 0.05) is 49.6 Å². The summed E-state index contributed by atoms with van der Waals surface area (Å²) >= 11 is 1.65. The van der Waals surface area contributed by atoms with Crippen molar-refractivity contribution in [2.45, 2.75) is 26.3 Å². The van der Waals surface area contributed by atoms with Gasteiger partial charge in [-0.2, -0.15) is 16.4 Å². The van der Waals surface area contributed by atoms with E-state index in [0.29, 0.717) is 26.2 Å². The first-order chi connectivity index (χ1) is 11.6. The molecule has 0 bridgehead atoms. The van der Waals surface area contributed by atoms with Crippen molar-refractivity contribution in [1.29, 1.82) is 0 Å². The molecule has 1 aliphatic heterocycles. The molecule has 1 N–H and O–H groups in total. The minimum Gasteiger partial charge on any atom is -0.354 e. The van der Waals surface area contributed by atoms with Crippen LogP contribution in [0.25, 0.3) is 11.3 Å². The fourth-order valence-corrected chi connectivity index (χ4v) is 3.59. The van der Waals surface area contributed by atoms with Gasteiger partial charge in [-0.25, -0.2) is 0 Å². The van der Waals surface area contributed by atoms with E-state index in [-0.39, 0.29) is 17.7 Å². The third-order valence-electron chi connectivity index (χ3n) is 4.41. The van der Waals surface area contributed by atoms with E-state index in [1.807, 2.05) is 28.4 Å². The Morgan fingerprint density at radius 1 is 1.33 bits per heavy atom. The lowest BCUT2D eigenvalue weighted by Crippen LogP contribution is -2.42. The average Bonchev–Trinajstić information content (AvgIpc) is 3.26. The molecule has 0 aromatic carbocycles. The maximum absolute atomic E-state index is 12.2. The molecule has 3 heterocycles. The fraction of sp³-hybridized carbons (Fsp3) is 0.471. The fourth-order valence-electron chi connectivity index (χ4n) is 2.94. The number of hydrogen-bond acceptors (Lipinski definition) is 4. The van der Waals surface area contributed by atoms with Crippen molar-refractivity contribution in [3.63, 3.8) is 0 Å². The lowest BCUT2D eigenvalue weighted by molar-refractivity contribution is -0.133. The summed E-state index contributed by atoms with van der Waals surface area (Å²) in [7, 11) is 0. The Kier molecular flexibility index (Phi) is 5.30. The molecule has 2 aromatic heterocycles. The number of rotatable bonds is 5. The van der Waals surface area contributed by atoms with Gasteiger partial charge in [-0.1, -0.05) is 0 Å². The van der Waals surface area contributed by atoms with E-state index < -0.39 is 0 Å². The van der Waals surface area contributed by atoms with Crippen LogP contribution in [-0.4, -0.2) is 46.1 Å². The standard InChI is InChI=1S/C17H22N4O2S/c1-13(22)20-7-2-14(3-8-20)17(23)18-6-10-21-9-4-16(19-21)15-5-11-24-12-15/h4-5,9,11-12,14H,2-3,6-8,10H2,1H3,(H,18,23). The zero-order valence-electron chi connectivity index (χ0n) is 13.8. The Morgan fingerprint density at radius 3 is 2.79 bits per heavy atom. The van der Waals surface area contributed by atoms with E-state index in [1.165, 1.54) is 0 Å². The van der Waals surface area contributed by atoms with Crippen molar-refractivity contribution in [3.05, 3.63) is 29.1 Å². The molecule has 1 aliphatic rings. The van der Waals surface area contributed by atoms with Crippen LogP contribution in [0.1, 0.15) is 19.8 Å². The summed E-state index contributed by atoms with van der Waals surface area (Å²) in [5.41, 5.74) is 2.08. The minimum atomic E-state index is 0.0135. The first-order valence-electron chi connectivity index (χ1n) is 8.23. The second-order valence-corrected chi connectivity index (χ2v) is 6.83. The van der Waals surface area contributed by atoms with Crippen LogP contribution in [0.4, 0.5) is 0 Å². The smallest absolute Gasteiger partial charge is 0.223 e. The Balaban J connectivity index is 1.42. The summed E-state index contributed by atoms with van der Waals surface area (Å²) in [5.74, 6) is 0.192. The second kappa shape index (κ2) is 7.61. The molecule has 3 rings (SSSR count). The Morgan fingerprint density at radius 2 is 2.12 bits per heavy atom. The number of carbonyl (C=O) groups excluding carboxylic acids is 2. The number of aromatic nitrogens is 2. The highest BCUT2D eigenvalue weighted by Gasteiger charge is 2.25. The average molecular weight is 346 g/mol. The van der Waals surface area contributed by atoms with Crippen LogP contribution in [0, 0.1) is 5.92 Å². The normalized spacial score (nSPS) is 15.5. The summed E-state index contributed by atoms with van der Waals surface area (Å²) in [6, 6.07) is 4.04. The number of thiophene rings is 1. The number of hydrogen-bond donors (Lipinski definition) is 1. The largest absolute Gasteiger partial charge is 0.354 e. The molecule has 2 aromatic rings. The summed E-state index contributed by atoms with van der Waals surface area (Å²) < 4.78 is 1.85.